The van der Waals surface area contributed by atoms with E-state index in [4.69, 9.17) is 23.2 Å². The maximum absolute atomic E-state index is 10.2. The molecule has 2 nitrogen and oxygen atoms in total. The van der Waals surface area contributed by atoms with E-state index in [-0.39, 0.29) is 17.2 Å². The van der Waals surface area contributed by atoms with E-state index in [1.807, 2.05) is 24.3 Å². The van der Waals surface area contributed by atoms with E-state index in [0.29, 0.717) is 5.02 Å². The van der Waals surface area contributed by atoms with E-state index in [1.165, 1.54) is 23.1 Å². The van der Waals surface area contributed by atoms with E-state index >= 15 is 0 Å². The summed E-state index contributed by atoms with van der Waals surface area (Å²) in [6.07, 6.45) is 4.53. The van der Waals surface area contributed by atoms with Gasteiger partial charge in [-0.3, -0.25) is 4.90 Å². The fourth-order valence-electron chi connectivity index (χ4n) is 4.53. The number of hydrogen-bond donors (Lipinski definition) is 1. The number of phenolic OH excluding ortho intramolecular Hbond substituents is 1. The quantitative estimate of drug-likeness (QED) is 0.779. The minimum atomic E-state index is 0.0920. The zero-order valence-electron chi connectivity index (χ0n) is 13.7. The SMILES string of the molecule is CN1CCc2cc(Cl)c(O)cc2C1C1(c2ccc(Cl)cc2)CCC1. The number of hydrogen-bond acceptors (Lipinski definition) is 2. The summed E-state index contributed by atoms with van der Waals surface area (Å²) in [5.41, 5.74) is 3.92. The Labute approximate surface area is 153 Å². The Morgan fingerprint density at radius 2 is 1.83 bits per heavy atom. The maximum Gasteiger partial charge on any atom is 0.134 e. The van der Waals surface area contributed by atoms with Crippen LogP contribution in [0.3, 0.4) is 0 Å². The Kier molecular flexibility index (Phi) is 4.03. The highest BCUT2D eigenvalue weighted by Crippen LogP contribution is 2.56. The van der Waals surface area contributed by atoms with Crippen molar-refractivity contribution in [1.29, 1.82) is 0 Å². The molecule has 126 valence electrons. The molecule has 24 heavy (non-hydrogen) atoms. The predicted molar refractivity (Wildman–Crippen MR) is 99.2 cm³/mol. The summed E-state index contributed by atoms with van der Waals surface area (Å²) >= 11 is 12.2. The lowest BCUT2D eigenvalue weighted by Gasteiger charge is -2.53. The normalized spacial score (nSPS) is 22.7. The minimum Gasteiger partial charge on any atom is -0.506 e. The molecular formula is C20H21Cl2NO. The molecule has 2 aromatic rings. The number of rotatable bonds is 2. The Morgan fingerprint density at radius 1 is 1.12 bits per heavy atom. The van der Waals surface area contributed by atoms with Gasteiger partial charge in [-0.05, 0) is 67.3 Å². The van der Waals surface area contributed by atoms with E-state index in [0.717, 1.165) is 30.8 Å². The summed E-state index contributed by atoms with van der Waals surface area (Å²) in [5.74, 6) is 0.182. The van der Waals surface area contributed by atoms with E-state index in [2.05, 4.69) is 24.1 Å². The molecular weight excluding hydrogens is 341 g/mol. The molecule has 0 aromatic heterocycles. The third-order valence-electron chi connectivity index (χ3n) is 5.87. The lowest BCUT2D eigenvalue weighted by molar-refractivity contribution is 0.0716. The first-order chi connectivity index (χ1) is 11.5. The molecule has 1 heterocycles. The average Bonchev–Trinajstić information content (AvgIpc) is 2.52. The van der Waals surface area contributed by atoms with Gasteiger partial charge in [0.05, 0.1) is 5.02 Å². The number of likely N-dealkylation sites (N-methyl/N-ethyl adjacent to an activating group) is 1. The van der Waals surface area contributed by atoms with Crippen molar-refractivity contribution < 1.29 is 5.11 Å². The van der Waals surface area contributed by atoms with Crippen molar-refractivity contribution in [1.82, 2.24) is 4.90 Å². The summed E-state index contributed by atoms with van der Waals surface area (Å²) in [6.45, 7) is 1.01. The number of fused-ring (bicyclic) bond motifs is 1. The van der Waals surface area contributed by atoms with Crippen LogP contribution in [0, 0.1) is 0 Å². The number of halogens is 2. The summed E-state index contributed by atoms with van der Waals surface area (Å²) < 4.78 is 0. The first-order valence-electron chi connectivity index (χ1n) is 8.49. The highest BCUT2D eigenvalue weighted by molar-refractivity contribution is 6.32. The lowest BCUT2D eigenvalue weighted by Crippen LogP contribution is -2.49. The maximum atomic E-state index is 10.2. The largest absolute Gasteiger partial charge is 0.506 e. The van der Waals surface area contributed by atoms with Crippen molar-refractivity contribution in [3.8, 4) is 5.75 Å². The molecule has 1 saturated carbocycles. The molecule has 1 fully saturated rings. The topological polar surface area (TPSA) is 23.5 Å². The first kappa shape index (κ1) is 16.3. The molecule has 1 atom stereocenters. The smallest absolute Gasteiger partial charge is 0.134 e. The molecule has 1 aliphatic heterocycles. The molecule has 0 spiro atoms. The van der Waals surface area contributed by atoms with Crippen LogP contribution in [0.2, 0.25) is 10.0 Å². The molecule has 0 amide bonds. The molecule has 0 radical (unpaired) electrons. The molecule has 0 bridgehead atoms. The van der Waals surface area contributed by atoms with Crippen molar-refractivity contribution in [2.24, 2.45) is 0 Å². The summed E-state index contributed by atoms with van der Waals surface area (Å²) in [7, 11) is 2.19. The fraction of sp³-hybridized carbons (Fsp3) is 0.400. The highest BCUT2D eigenvalue weighted by atomic mass is 35.5. The molecule has 4 heteroatoms. The van der Waals surface area contributed by atoms with Crippen LogP contribution in [0.4, 0.5) is 0 Å². The Bertz CT molecular complexity index is 768. The van der Waals surface area contributed by atoms with Crippen LogP contribution in [0.25, 0.3) is 0 Å². The van der Waals surface area contributed by atoms with Crippen molar-refractivity contribution >= 4 is 23.2 Å². The van der Waals surface area contributed by atoms with Gasteiger partial charge in [0.25, 0.3) is 0 Å². The summed E-state index contributed by atoms with van der Waals surface area (Å²) in [5, 5.41) is 11.4. The highest BCUT2D eigenvalue weighted by Gasteiger charge is 2.49. The van der Waals surface area contributed by atoms with E-state index in [9.17, 15) is 5.11 Å². The fourth-order valence-corrected chi connectivity index (χ4v) is 4.84. The Morgan fingerprint density at radius 3 is 2.46 bits per heavy atom. The number of aromatic hydroxyl groups is 1. The Hall–Kier alpha value is -1.22. The van der Waals surface area contributed by atoms with Crippen molar-refractivity contribution in [3.05, 3.63) is 63.1 Å². The van der Waals surface area contributed by atoms with Crippen LogP contribution >= 0.6 is 23.2 Å². The van der Waals surface area contributed by atoms with Crippen molar-refractivity contribution in [3.63, 3.8) is 0 Å². The summed E-state index contributed by atoms with van der Waals surface area (Å²) in [4.78, 5) is 2.43. The molecule has 1 N–H and O–H groups in total. The minimum absolute atomic E-state index is 0.0920. The van der Waals surface area contributed by atoms with Crippen LogP contribution in [0.1, 0.15) is 42.0 Å². The molecule has 2 aromatic carbocycles. The van der Waals surface area contributed by atoms with Gasteiger partial charge in [0.2, 0.25) is 0 Å². The molecule has 4 rings (SSSR count). The molecule has 2 aliphatic rings. The van der Waals surface area contributed by atoms with Crippen LogP contribution in [-0.2, 0) is 11.8 Å². The second-order valence-electron chi connectivity index (χ2n) is 7.15. The van der Waals surface area contributed by atoms with Crippen LogP contribution in [-0.4, -0.2) is 23.6 Å². The van der Waals surface area contributed by atoms with Gasteiger partial charge in [0, 0.05) is 23.0 Å². The number of benzene rings is 2. The molecule has 1 aliphatic carbocycles. The summed E-state index contributed by atoms with van der Waals surface area (Å²) in [6, 6.07) is 12.4. The van der Waals surface area contributed by atoms with Gasteiger partial charge in [-0.15, -0.1) is 0 Å². The van der Waals surface area contributed by atoms with Crippen molar-refractivity contribution in [2.75, 3.05) is 13.6 Å². The molecule has 0 saturated heterocycles. The van der Waals surface area contributed by atoms with Crippen LogP contribution in [0.5, 0.6) is 5.75 Å². The van der Waals surface area contributed by atoms with Gasteiger partial charge in [-0.25, -0.2) is 0 Å². The average molecular weight is 362 g/mol. The second kappa shape index (κ2) is 5.94. The Balaban J connectivity index is 1.85. The zero-order chi connectivity index (χ0) is 16.9. The lowest BCUT2D eigenvalue weighted by atomic mass is 9.57. The van der Waals surface area contributed by atoms with Crippen LogP contribution < -0.4 is 0 Å². The number of phenols is 1. The van der Waals surface area contributed by atoms with Gasteiger partial charge in [0.1, 0.15) is 5.75 Å². The second-order valence-corrected chi connectivity index (χ2v) is 8.00. The zero-order valence-corrected chi connectivity index (χ0v) is 15.2. The standard InChI is InChI=1S/C20H21Cl2NO/c1-23-10-7-13-11-17(22)18(24)12-16(13)19(23)20(8-2-9-20)14-3-5-15(21)6-4-14/h3-6,11-12,19,24H,2,7-10H2,1H3. The van der Waals surface area contributed by atoms with Crippen LogP contribution in [0.15, 0.2) is 36.4 Å². The van der Waals surface area contributed by atoms with Gasteiger partial charge < -0.3 is 5.11 Å². The van der Waals surface area contributed by atoms with Gasteiger partial charge in [-0.1, -0.05) is 41.8 Å². The first-order valence-corrected chi connectivity index (χ1v) is 9.24. The van der Waals surface area contributed by atoms with Gasteiger partial charge in [0.15, 0.2) is 0 Å². The third-order valence-corrected chi connectivity index (χ3v) is 6.42. The van der Waals surface area contributed by atoms with Gasteiger partial charge >= 0.3 is 0 Å². The third kappa shape index (κ3) is 2.44. The van der Waals surface area contributed by atoms with E-state index in [1.54, 1.807) is 0 Å². The van der Waals surface area contributed by atoms with E-state index < -0.39 is 0 Å². The monoisotopic (exact) mass is 361 g/mol. The van der Waals surface area contributed by atoms with Gasteiger partial charge in [-0.2, -0.15) is 0 Å². The number of nitrogens with zero attached hydrogens (tertiary/aromatic N) is 1. The van der Waals surface area contributed by atoms with Crippen molar-refractivity contribution in [2.45, 2.75) is 37.1 Å². The molecule has 1 unspecified atom stereocenters. The predicted octanol–water partition coefficient (Wildman–Crippen LogP) is 5.35.